The van der Waals surface area contributed by atoms with Crippen molar-refractivity contribution in [2.45, 2.75) is 18.8 Å². The van der Waals surface area contributed by atoms with Crippen LogP contribution in [0.5, 0.6) is 0 Å². The Morgan fingerprint density at radius 2 is 1.94 bits per heavy atom. The second-order valence-electron chi connectivity index (χ2n) is 4.33. The van der Waals surface area contributed by atoms with Crippen LogP contribution in [0.2, 0.25) is 0 Å². The Labute approximate surface area is 98.7 Å². The first-order valence-electron chi connectivity index (χ1n) is 5.68. The number of carbonyl (C=O) groups is 1. The van der Waals surface area contributed by atoms with Crippen molar-refractivity contribution < 1.29 is 14.3 Å². The standard InChI is InChI=1S/C14H12O3/c15-14(16)11-8-12(9-4-2-1-3-5-9)17-13(11)10-6-7-10/h1-5,8,10H,6-7H2,(H,15,16). The van der Waals surface area contributed by atoms with E-state index < -0.39 is 5.97 Å². The monoisotopic (exact) mass is 228 g/mol. The van der Waals surface area contributed by atoms with E-state index in [9.17, 15) is 4.79 Å². The maximum absolute atomic E-state index is 11.1. The Hall–Kier alpha value is -2.03. The molecule has 0 bridgehead atoms. The van der Waals surface area contributed by atoms with Gasteiger partial charge in [0.25, 0.3) is 0 Å². The van der Waals surface area contributed by atoms with Crippen molar-refractivity contribution in [3.05, 3.63) is 47.7 Å². The van der Waals surface area contributed by atoms with Gasteiger partial charge in [-0.3, -0.25) is 0 Å². The van der Waals surface area contributed by atoms with Crippen molar-refractivity contribution in [2.24, 2.45) is 0 Å². The SMILES string of the molecule is O=C(O)c1cc(-c2ccccc2)oc1C1CC1. The van der Waals surface area contributed by atoms with Crippen LogP contribution in [0.25, 0.3) is 11.3 Å². The number of aromatic carboxylic acids is 1. The molecule has 3 rings (SSSR count). The van der Waals surface area contributed by atoms with Gasteiger partial charge in [0, 0.05) is 11.5 Å². The molecule has 1 aliphatic rings. The lowest BCUT2D eigenvalue weighted by atomic mass is 10.1. The van der Waals surface area contributed by atoms with Gasteiger partial charge in [-0.05, 0) is 18.9 Å². The number of hydrogen-bond acceptors (Lipinski definition) is 2. The minimum absolute atomic E-state index is 0.304. The predicted molar refractivity (Wildman–Crippen MR) is 63.1 cm³/mol. The number of hydrogen-bond donors (Lipinski definition) is 1. The predicted octanol–water partition coefficient (Wildman–Crippen LogP) is 3.52. The number of furan rings is 1. The van der Waals surface area contributed by atoms with Crippen LogP contribution in [0.3, 0.4) is 0 Å². The normalized spacial score (nSPS) is 14.8. The minimum Gasteiger partial charge on any atom is -0.478 e. The average molecular weight is 228 g/mol. The molecule has 1 aliphatic carbocycles. The fourth-order valence-electron chi connectivity index (χ4n) is 1.97. The second-order valence-corrected chi connectivity index (χ2v) is 4.33. The lowest BCUT2D eigenvalue weighted by molar-refractivity contribution is 0.0694. The number of benzene rings is 1. The molecule has 1 aromatic carbocycles. The molecule has 0 spiro atoms. The van der Waals surface area contributed by atoms with Crippen molar-refractivity contribution in [1.82, 2.24) is 0 Å². The third-order valence-corrected chi connectivity index (χ3v) is 3.00. The molecule has 0 saturated heterocycles. The molecule has 0 amide bonds. The topological polar surface area (TPSA) is 50.4 Å². The molecule has 0 unspecified atom stereocenters. The molecule has 1 N–H and O–H groups in total. The molecule has 2 aromatic rings. The van der Waals surface area contributed by atoms with Gasteiger partial charge in [-0.2, -0.15) is 0 Å². The van der Waals surface area contributed by atoms with Gasteiger partial charge >= 0.3 is 5.97 Å². The van der Waals surface area contributed by atoms with E-state index in [2.05, 4.69) is 0 Å². The Morgan fingerprint density at radius 1 is 1.24 bits per heavy atom. The van der Waals surface area contributed by atoms with Crippen LogP contribution < -0.4 is 0 Å². The third kappa shape index (κ3) is 1.84. The first kappa shape index (κ1) is 10.1. The quantitative estimate of drug-likeness (QED) is 0.874. The second kappa shape index (κ2) is 3.77. The zero-order valence-electron chi connectivity index (χ0n) is 9.22. The molecule has 0 atom stereocenters. The van der Waals surface area contributed by atoms with Crippen molar-refractivity contribution in [2.75, 3.05) is 0 Å². The minimum atomic E-state index is -0.905. The van der Waals surface area contributed by atoms with Crippen LogP contribution in [-0.2, 0) is 0 Å². The van der Waals surface area contributed by atoms with Crippen LogP contribution in [0.1, 0.15) is 34.9 Å². The summed E-state index contributed by atoms with van der Waals surface area (Å²) in [6.07, 6.45) is 2.06. The van der Waals surface area contributed by atoms with Gasteiger partial charge in [0.15, 0.2) is 0 Å². The Morgan fingerprint density at radius 3 is 2.53 bits per heavy atom. The first-order valence-corrected chi connectivity index (χ1v) is 5.68. The van der Waals surface area contributed by atoms with Gasteiger partial charge in [0.1, 0.15) is 17.1 Å². The van der Waals surface area contributed by atoms with Crippen LogP contribution >= 0.6 is 0 Å². The Bertz CT molecular complexity index is 550. The molecule has 1 heterocycles. The fourth-order valence-corrected chi connectivity index (χ4v) is 1.97. The van der Waals surface area contributed by atoms with Crippen LogP contribution in [-0.4, -0.2) is 11.1 Å². The van der Waals surface area contributed by atoms with E-state index in [0.29, 0.717) is 23.0 Å². The summed E-state index contributed by atoms with van der Waals surface area (Å²) in [6.45, 7) is 0. The molecule has 3 heteroatoms. The van der Waals surface area contributed by atoms with Crippen molar-refractivity contribution in [1.29, 1.82) is 0 Å². The molecule has 1 saturated carbocycles. The number of carboxylic acid groups (broad SMARTS) is 1. The summed E-state index contributed by atoms with van der Waals surface area (Å²) in [4.78, 5) is 11.1. The highest BCUT2D eigenvalue weighted by Gasteiger charge is 2.32. The van der Waals surface area contributed by atoms with Crippen LogP contribution in [0.4, 0.5) is 0 Å². The molecular weight excluding hydrogens is 216 g/mol. The first-order chi connectivity index (χ1) is 8.25. The molecule has 0 radical (unpaired) electrons. The summed E-state index contributed by atoms with van der Waals surface area (Å²) in [5.41, 5.74) is 1.23. The van der Waals surface area contributed by atoms with E-state index in [1.54, 1.807) is 6.07 Å². The summed E-state index contributed by atoms with van der Waals surface area (Å²) < 4.78 is 5.71. The van der Waals surface area contributed by atoms with E-state index in [1.165, 1.54) is 0 Å². The molecule has 17 heavy (non-hydrogen) atoms. The third-order valence-electron chi connectivity index (χ3n) is 3.00. The molecule has 1 fully saturated rings. The summed E-state index contributed by atoms with van der Waals surface area (Å²) in [6, 6.07) is 11.2. The maximum Gasteiger partial charge on any atom is 0.339 e. The van der Waals surface area contributed by atoms with E-state index in [0.717, 1.165) is 18.4 Å². The molecule has 86 valence electrons. The van der Waals surface area contributed by atoms with E-state index >= 15 is 0 Å². The van der Waals surface area contributed by atoms with Crippen molar-refractivity contribution in [3.63, 3.8) is 0 Å². The van der Waals surface area contributed by atoms with Crippen molar-refractivity contribution in [3.8, 4) is 11.3 Å². The lowest BCUT2D eigenvalue weighted by Gasteiger charge is -1.95. The molecule has 3 nitrogen and oxygen atoms in total. The van der Waals surface area contributed by atoms with Gasteiger partial charge in [-0.15, -0.1) is 0 Å². The summed E-state index contributed by atoms with van der Waals surface area (Å²) >= 11 is 0. The molecule has 1 aromatic heterocycles. The maximum atomic E-state index is 11.1. The largest absolute Gasteiger partial charge is 0.478 e. The smallest absolute Gasteiger partial charge is 0.339 e. The Kier molecular flexibility index (Phi) is 2.25. The van der Waals surface area contributed by atoms with Crippen molar-refractivity contribution >= 4 is 5.97 Å². The van der Waals surface area contributed by atoms with Gasteiger partial charge in [0.2, 0.25) is 0 Å². The van der Waals surface area contributed by atoms with Crippen LogP contribution in [0.15, 0.2) is 40.8 Å². The highest BCUT2D eigenvalue weighted by molar-refractivity contribution is 5.90. The summed E-state index contributed by atoms with van der Waals surface area (Å²) in [5, 5.41) is 9.14. The fraction of sp³-hybridized carbons (Fsp3) is 0.214. The van der Waals surface area contributed by atoms with E-state index in [1.807, 2.05) is 30.3 Å². The molecular formula is C14H12O3. The summed E-state index contributed by atoms with van der Waals surface area (Å²) in [7, 11) is 0. The zero-order chi connectivity index (χ0) is 11.8. The Balaban J connectivity index is 2.07. The average Bonchev–Trinajstić information content (AvgIpc) is 3.09. The highest BCUT2D eigenvalue weighted by atomic mass is 16.4. The van der Waals surface area contributed by atoms with Gasteiger partial charge in [-0.25, -0.2) is 4.79 Å². The van der Waals surface area contributed by atoms with Crippen LogP contribution in [0, 0.1) is 0 Å². The van der Waals surface area contributed by atoms with Gasteiger partial charge < -0.3 is 9.52 Å². The summed E-state index contributed by atoms with van der Waals surface area (Å²) in [5.74, 6) is 0.678. The molecule has 0 aliphatic heterocycles. The highest BCUT2D eigenvalue weighted by Crippen LogP contribution is 2.44. The van der Waals surface area contributed by atoms with E-state index in [4.69, 9.17) is 9.52 Å². The van der Waals surface area contributed by atoms with Gasteiger partial charge in [-0.1, -0.05) is 30.3 Å². The van der Waals surface area contributed by atoms with Gasteiger partial charge in [0.05, 0.1) is 0 Å². The zero-order valence-corrected chi connectivity index (χ0v) is 9.22. The number of rotatable bonds is 3. The number of carboxylic acids is 1. The van der Waals surface area contributed by atoms with E-state index in [-0.39, 0.29) is 0 Å². The lowest BCUT2D eigenvalue weighted by Crippen LogP contribution is -1.97.